The van der Waals surface area contributed by atoms with Crippen LogP contribution < -0.4 is 14.2 Å². The lowest BCUT2D eigenvalue weighted by Crippen LogP contribution is -2.09. The molecule has 0 aliphatic carbocycles. The molecule has 0 radical (unpaired) electrons. The number of benzene rings is 4. The second kappa shape index (κ2) is 9.79. The topological polar surface area (TPSA) is 57.1 Å². The quantitative estimate of drug-likeness (QED) is 0.200. The fourth-order valence-electron chi connectivity index (χ4n) is 3.27. The van der Waals surface area contributed by atoms with Crippen molar-refractivity contribution in [1.29, 1.82) is 0 Å². The number of ether oxygens (including phenoxy) is 3. The molecule has 32 heavy (non-hydrogen) atoms. The van der Waals surface area contributed by atoms with E-state index in [-0.39, 0.29) is 0 Å². The van der Waals surface area contributed by atoms with Gasteiger partial charge in [-0.15, -0.1) is 0 Å². The Bertz CT molecular complexity index is 1260. The van der Waals surface area contributed by atoms with Gasteiger partial charge in [-0.3, -0.25) is 4.99 Å². The zero-order valence-corrected chi connectivity index (χ0v) is 17.9. The van der Waals surface area contributed by atoms with Crippen molar-refractivity contribution >= 4 is 28.6 Å². The number of rotatable bonds is 7. The van der Waals surface area contributed by atoms with Gasteiger partial charge in [0.1, 0.15) is 5.75 Å². The molecule has 5 heteroatoms. The average molecular weight is 425 g/mol. The summed E-state index contributed by atoms with van der Waals surface area (Å²) in [6.45, 7) is 2.47. The summed E-state index contributed by atoms with van der Waals surface area (Å²) in [6.07, 6.45) is 1.75. The van der Waals surface area contributed by atoms with Crippen LogP contribution in [0.15, 0.2) is 89.9 Å². The van der Waals surface area contributed by atoms with Gasteiger partial charge in [0.25, 0.3) is 0 Å². The van der Waals surface area contributed by atoms with E-state index in [0.29, 0.717) is 29.4 Å². The maximum absolute atomic E-state index is 12.5. The van der Waals surface area contributed by atoms with E-state index in [9.17, 15) is 4.79 Å². The SMILES string of the molecule is CCOc1ccc(C(=O)Oc2ccc(C=Nc3ccc4ccccc4c3)cc2OC)cc1. The zero-order valence-electron chi connectivity index (χ0n) is 17.9. The molecule has 0 aromatic heterocycles. The number of aliphatic imine (C=N–C) groups is 1. The summed E-state index contributed by atoms with van der Waals surface area (Å²) in [5, 5.41) is 2.31. The van der Waals surface area contributed by atoms with Crippen molar-refractivity contribution in [3.05, 3.63) is 96.1 Å². The second-order valence-corrected chi connectivity index (χ2v) is 7.05. The van der Waals surface area contributed by atoms with Gasteiger partial charge in [-0.25, -0.2) is 4.79 Å². The molecule has 0 aliphatic rings. The first-order valence-corrected chi connectivity index (χ1v) is 10.3. The average Bonchev–Trinajstić information content (AvgIpc) is 2.84. The van der Waals surface area contributed by atoms with E-state index in [1.54, 1.807) is 42.6 Å². The fourth-order valence-corrected chi connectivity index (χ4v) is 3.27. The van der Waals surface area contributed by atoms with Crippen LogP contribution in [0.4, 0.5) is 5.69 Å². The minimum absolute atomic E-state index is 0.342. The Hall–Kier alpha value is -4.12. The molecule has 160 valence electrons. The fraction of sp³-hybridized carbons (Fsp3) is 0.111. The highest BCUT2D eigenvalue weighted by Gasteiger charge is 2.13. The molecule has 0 unspecified atom stereocenters. The van der Waals surface area contributed by atoms with E-state index >= 15 is 0 Å². The summed E-state index contributed by atoms with van der Waals surface area (Å²) >= 11 is 0. The van der Waals surface area contributed by atoms with Crippen LogP contribution in [0.1, 0.15) is 22.8 Å². The van der Waals surface area contributed by atoms with E-state index in [0.717, 1.165) is 16.6 Å². The van der Waals surface area contributed by atoms with Gasteiger partial charge in [0.05, 0.1) is 25.0 Å². The molecule has 0 heterocycles. The molecule has 0 saturated heterocycles. The normalized spacial score (nSPS) is 10.9. The summed E-state index contributed by atoms with van der Waals surface area (Å²) in [4.78, 5) is 17.1. The van der Waals surface area contributed by atoms with Crippen molar-refractivity contribution in [1.82, 2.24) is 0 Å². The minimum Gasteiger partial charge on any atom is -0.494 e. The highest BCUT2D eigenvalue weighted by molar-refractivity contribution is 5.92. The van der Waals surface area contributed by atoms with Crippen molar-refractivity contribution in [3.8, 4) is 17.2 Å². The van der Waals surface area contributed by atoms with Crippen LogP contribution in [0, 0.1) is 0 Å². The molecule has 0 fully saturated rings. The van der Waals surface area contributed by atoms with Crippen molar-refractivity contribution in [2.45, 2.75) is 6.92 Å². The summed E-state index contributed by atoms with van der Waals surface area (Å²) in [5.41, 5.74) is 2.11. The molecule has 0 saturated carbocycles. The first-order chi connectivity index (χ1) is 15.7. The molecular formula is C27H23NO4. The summed E-state index contributed by atoms with van der Waals surface area (Å²) in [7, 11) is 1.54. The number of hydrogen-bond acceptors (Lipinski definition) is 5. The van der Waals surface area contributed by atoms with Crippen molar-refractivity contribution in [3.63, 3.8) is 0 Å². The van der Waals surface area contributed by atoms with Crippen LogP contribution in [0.25, 0.3) is 10.8 Å². The van der Waals surface area contributed by atoms with Crippen LogP contribution in [0.3, 0.4) is 0 Å². The van der Waals surface area contributed by atoms with Crippen LogP contribution in [-0.4, -0.2) is 25.9 Å². The maximum atomic E-state index is 12.5. The van der Waals surface area contributed by atoms with E-state index in [1.807, 2.05) is 43.3 Å². The van der Waals surface area contributed by atoms with Gasteiger partial charge in [-0.05, 0) is 77.9 Å². The molecule has 0 amide bonds. The molecule has 4 aromatic carbocycles. The highest BCUT2D eigenvalue weighted by atomic mass is 16.6. The first kappa shape index (κ1) is 21.1. The Labute approximate surface area is 186 Å². The minimum atomic E-state index is -0.469. The lowest BCUT2D eigenvalue weighted by atomic mass is 10.1. The summed E-state index contributed by atoms with van der Waals surface area (Å²) in [5.74, 6) is 1.03. The molecule has 4 aromatic rings. The van der Waals surface area contributed by atoms with Crippen LogP contribution >= 0.6 is 0 Å². The van der Waals surface area contributed by atoms with Gasteiger partial charge in [0.15, 0.2) is 11.5 Å². The van der Waals surface area contributed by atoms with Crippen molar-refractivity contribution in [2.24, 2.45) is 4.99 Å². The molecule has 0 atom stereocenters. The second-order valence-electron chi connectivity index (χ2n) is 7.05. The van der Waals surface area contributed by atoms with E-state index < -0.39 is 5.97 Å². The van der Waals surface area contributed by atoms with Crippen LogP contribution in [-0.2, 0) is 0 Å². The number of hydrogen-bond donors (Lipinski definition) is 0. The molecule has 0 aliphatic heterocycles. The Morgan fingerprint density at radius 2 is 1.66 bits per heavy atom. The van der Waals surface area contributed by atoms with Gasteiger partial charge in [-0.2, -0.15) is 0 Å². The van der Waals surface area contributed by atoms with Gasteiger partial charge in [0.2, 0.25) is 0 Å². The standard InChI is InChI=1S/C27H23NO4/c1-3-31-24-13-10-21(11-14-24)27(29)32-25-15-8-19(16-26(25)30-2)18-28-23-12-9-20-6-4-5-7-22(20)17-23/h4-18H,3H2,1-2H3. The lowest BCUT2D eigenvalue weighted by molar-refractivity contribution is 0.0729. The maximum Gasteiger partial charge on any atom is 0.343 e. The van der Waals surface area contributed by atoms with Gasteiger partial charge in [-0.1, -0.05) is 30.3 Å². The summed E-state index contributed by atoms with van der Waals surface area (Å²) in [6, 6.07) is 26.3. The number of carbonyl (C=O) groups excluding carboxylic acids is 1. The monoisotopic (exact) mass is 425 g/mol. The lowest BCUT2D eigenvalue weighted by Gasteiger charge is -2.10. The highest BCUT2D eigenvalue weighted by Crippen LogP contribution is 2.29. The van der Waals surface area contributed by atoms with E-state index in [4.69, 9.17) is 14.2 Å². The molecular weight excluding hydrogens is 402 g/mol. The van der Waals surface area contributed by atoms with Gasteiger partial charge in [0, 0.05) is 6.21 Å². The van der Waals surface area contributed by atoms with Crippen molar-refractivity contribution in [2.75, 3.05) is 13.7 Å². The number of esters is 1. The zero-order chi connectivity index (χ0) is 22.3. The molecule has 4 rings (SSSR count). The Balaban J connectivity index is 1.49. The Morgan fingerprint density at radius 1 is 0.875 bits per heavy atom. The van der Waals surface area contributed by atoms with E-state index in [2.05, 4.69) is 17.1 Å². The Kier molecular flexibility index (Phi) is 6.46. The van der Waals surface area contributed by atoms with E-state index in [1.165, 1.54) is 12.5 Å². The van der Waals surface area contributed by atoms with Gasteiger partial charge < -0.3 is 14.2 Å². The van der Waals surface area contributed by atoms with Crippen molar-refractivity contribution < 1.29 is 19.0 Å². The van der Waals surface area contributed by atoms with Crippen LogP contribution in [0.5, 0.6) is 17.2 Å². The first-order valence-electron chi connectivity index (χ1n) is 10.3. The molecule has 5 nitrogen and oxygen atoms in total. The molecule has 0 spiro atoms. The predicted octanol–water partition coefficient (Wildman–Crippen LogP) is 6.22. The Morgan fingerprint density at radius 3 is 2.41 bits per heavy atom. The number of methoxy groups -OCH3 is 1. The predicted molar refractivity (Wildman–Crippen MR) is 127 cm³/mol. The number of nitrogens with zero attached hydrogens (tertiary/aromatic N) is 1. The number of carbonyl (C=O) groups is 1. The third-order valence-electron chi connectivity index (χ3n) is 4.89. The third-order valence-corrected chi connectivity index (χ3v) is 4.89. The largest absolute Gasteiger partial charge is 0.494 e. The smallest absolute Gasteiger partial charge is 0.343 e. The third kappa shape index (κ3) is 4.95. The molecule has 0 N–H and O–H groups in total. The van der Waals surface area contributed by atoms with Crippen LogP contribution in [0.2, 0.25) is 0 Å². The van der Waals surface area contributed by atoms with Gasteiger partial charge >= 0.3 is 5.97 Å². The molecule has 0 bridgehead atoms. The number of fused-ring (bicyclic) bond motifs is 1. The summed E-state index contributed by atoms with van der Waals surface area (Å²) < 4.78 is 16.4.